The molecule has 0 N–H and O–H groups in total. The van der Waals surface area contributed by atoms with Gasteiger partial charge in [-0.3, -0.25) is 0 Å². The van der Waals surface area contributed by atoms with Crippen molar-refractivity contribution in [2.75, 3.05) is 6.61 Å². The lowest BCUT2D eigenvalue weighted by molar-refractivity contribution is 0.266. The number of benzene rings is 1. The fourth-order valence-corrected chi connectivity index (χ4v) is 1.13. The lowest BCUT2D eigenvalue weighted by atomic mass is 10.1. The first-order valence-corrected chi connectivity index (χ1v) is 4.04. The minimum atomic E-state index is 0.615. The summed E-state index contributed by atoms with van der Waals surface area (Å²) in [6, 6.07) is 6.31. The van der Waals surface area contributed by atoms with Gasteiger partial charge in [-0.1, -0.05) is 26.0 Å². The summed E-state index contributed by atoms with van der Waals surface area (Å²) in [4.78, 5) is 0. The van der Waals surface area contributed by atoms with Gasteiger partial charge in [-0.15, -0.1) is 0 Å². The lowest BCUT2D eigenvalue weighted by Gasteiger charge is -2.14. The Morgan fingerprint density at radius 3 is 2.55 bits per heavy atom. The van der Waals surface area contributed by atoms with Gasteiger partial charge < -0.3 is 4.74 Å². The molecule has 0 bridgehead atoms. The highest BCUT2D eigenvalue weighted by molar-refractivity contribution is 5.38. The average molecular weight is 148 g/mol. The molecule has 0 saturated carbocycles. The molecular weight excluding hydrogens is 136 g/mol. The summed E-state index contributed by atoms with van der Waals surface area (Å²) in [5, 5.41) is 2.66. The standard InChI is InChI=1S/C10H12O/c1-7(2)6-11-10-5-8-3-4-9(8)10/h3-5,7H,6H2,1-2H3. The largest absolute Gasteiger partial charge is 0.493 e. The second-order valence-corrected chi connectivity index (χ2v) is 3.42. The number of hydrogen-bond donors (Lipinski definition) is 0. The highest BCUT2D eigenvalue weighted by Crippen LogP contribution is 2.24. The van der Waals surface area contributed by atoms with Gasteiger partial charge in [0.05, 0.1) is 6.61 Å². The predicted octanol–water partition coefficient (Wildman–Crippen LogP) is 2.32. The Morgan fingerprint density at radius 2 is 2.18 bits per heavy atom. The van der Waals surface area contributed by atoms with Crippen molar-refractivity contribution in [1.29, 1.82) is 0 Å². The van der Waals surface area contributed by atoms with E-state index in [4.69, 9.17) is 4.74 Å². The third-order valence-corrected chi connectivity index (χ3v) is 1.86. The van der Waals surface area contributed by atoms with Crippen molar-refractivity contribution in [3.63, 3.8) is 0 Å². The fraction of sp³-hybridized carbons (Fsp3) is 0.400. The van der Waals surface area contributed by atoms with Gasteiger partial charge in [0.25, 0.3) is 0 Å². The highest BCUT2D eigenvalue weighted by Gasteiger charge is 2.06. The Kier molecular flexibility index (Phi) is 1.38. The first kappa shape index (κ1) is 6.71. The molecule has 0 saturated heterocycles. The molecule has 0 spiro atoms. The van der Waals surface area contributed by atoms with E-state index in [9.17, 15) is 0 Å². The second-order valence-electron chi connectivity index (χ2n) is 3.42. The van der Waals surface area contributed by atoms with Crippen molar-refractivity contribution in [3.05, 3.63) is 28.6 Å². The highest BCUT2D eigenvalue weighted by atomic mass is 16.5. The first-order valence-electron chi connectivity index (χ1n) is 4.04. The summed E-state index contributed by atoms with van der Waals surface area (Å²) in [6.45, 7) is 5.15. The molecule has 58 valence electrons. The van der Waals surface area contributed by atoms with Crippen molar-refractivity contribution in [2.45, 2.75) is 13.8 Å². The molecule has 0 fully saturated rings. The van der Waals surface area contributed by atoms with Gasteiger partial charge in [0.1, 0.15) is 5.75 Å². The summed E-state index contributed by atoms with van der Waals surface area (Å²) >= 11 is 0. The molecule has 0 unspecified atom stereocenters. The Labute approximate surface area is 66.3 Å². The van der Waals surface area contributed by atoms with Crippen molar-refractivity contribution >= 4 is 0 Å². The first-order chi connectivity index (χ1) is 5.27. The van der Waals surface area contributed by atoms with Crippen molar-refractivity contribution in [1.82, 2.24) is 0 Å². The number of hydrogen-bond acceptors (Lipinski definition) is 1. The zero-order valence-electron chi connectivity index (χ0n) is 6.92. The Hall–Kier alpha value is -0.980. The SMILES string of the molecule is CC(C)COc1cc2ccc1=2. The minimum Gasteiger partial charge on any atom is -0.493 e. The molecule has 0 aliphatic heterocycles. The molecule has 2 aliphatic carbocycles. The van der Waals surface area contributed by atoms with Gasteiger partial charge in [0.2, 0.25) is 0 Å². The van der Waals surface area contributed by atoms with Crippen LogP contribution in [-0.4, -0.2) is 6.61 Å². The molecule has 0 aromatic carbocycles. The molecule has 0 aromatic rings. The van der Waals surface area contributed by atoms with Crippen LogP contribution in [0.4, 0.5) is 0 Å². The van der Waals surface area contributed by atoms with Crippen LogP contribution in [0.3, 0.4) is 0 Å². The molecule has 0 heterocycles. The number of ether oxygens (including phenoxy) is 1. The lowest BCUT2D eigenvalue weighted by Crippen LogP contribution is -2.07. The monoisotopic (exact) mass is 148 g/mol. The zero-order valence-corrected chi connectivity index (χ0v) is 6.92. The summed E-state index contributed by atoms with van der Waals surface area (Å²) in [5.41, 5.74) is 0. The van der Waals surface area contributed by atoms with Gasteiger partial charge in [-0.05, 0) is 17.2 Å². The van der Waals surface area contributed by atoms with Crippen LogP contribution in [-0.2, 0) is 0 Å². The average Bonchev–Trinajstić information content (AvgIpc) is 1.92. The van der Waals surface area contributed by atoms with Gasteiger partial charge in [0.15, 0.2) is 0 Å². The van der Waals surface area contributed by atoms with E-state index in [-0.39, 0.29) is 0 Å². The molecule has 2 aliphatic rings. The van der Waals surface area contributed by atoms with Crippen LogP contribution >= 0.6 is 0 Å². The van der Waals surface area contributed by atoms with E-state index in [2.05, 4.69) is 32.0 Å². The van der Waals surface area contributed by atoms with Gasteiger partial charge in [0, 0.05) is 5.22 Å². The van der Waals surface area contributed by atoms with Gasteiger partial charge in [-0.2, -0.15) is 0 Å². The third kappa shape index (κ3) is 1.01. The fourth-order valence-electron chi connectivity index (χ4n) is 1.13. The normalized spacial score (nSPS) is 11.9. The van der Waals surface area contributed by atoms with Gasteiger partial charge >= 0.3 is 0 Å². The van der Waals surface area contributed by atoms with Crippen molar-refractivity contribution < 1.29 is 4.74 Å². The summed E-state index contributed by atoms with van der Waals surface area (Å²) in [6.07, 6.45) is 0. The molecule has 0 radical (unpaired) electrons. The molecule has 2 rings (SSSR count). The summed E-state index contributed by atoms with van der Waals surface area (Å²) in [5.74, 6) is 1.70. The smallest absolute Gasteiger partial charge is 0.127 e. The molecule has 11 heavy (non-hydrogen) atoms. The molecule has 0 atom stereocenters. The molecule has 1 nitrogen and oxygen atoms in total. The van der Waals surface area contributed by atoms with E-state index in [1.54, 1.807) is 0 Å². The maximum absolute atomic E-state index is 5.53. The van der Waals surface area contributed by atoms with Crippen LogP contribution < -0.4 is 4.74 Å². The van der Waals surface area contributed by atoms with Crippen molar-refractivity contribution in [2.24, 2.45) is 5.92 Å². The van der Waals surface area contributed by atoms with E-state index in [0.29, 0.717) is 5.92 Å². The molecule has 1 heteroatoms. The van der Waals surface area contributed by atoms with E-state index >= 15 is 0 Å². The Bertz CT molecular complexity index is 352. The van der Waals surface area contributed by atoms with Crippen LogP contribution in [0.1, 0.15) is 13.8 Å². The summed E-state index contributed by atoms with van der Waals surface area (Å²) < 4.78 is 5.53. The second kappa shape index (κ2) is 2.26. The van der Waals surface area contributed by atoms with E-state index < -0.39 is 0 Å². The van der Waals surface area contributed by atoms with Gasteiger partial charge in [-0.25, -0.2) is 0 Å². The number of rotatable bonds is 3. The van der Waals surface area contributed by atoms with Crippen LogP contribution in [0.15, 0.2) is 18.2 Å². The van der Waals surface area contributed by atoms with E-state index in [1.807, 2.05) is 0 Å². The van der Waals surface area contributed by atoms with Crippen LogP contribution in [0.25, 0.3) is 0 Å². The van der Waals surface area contributed by atoms with E-state index in [0.717, 1.165) is 12.4 Å². The maximum atomic E-state index is 5.53. The topological polar surface area (TPSA) is 9.23 Å². The summed E-state index contributed by atoms with van der Waals surface area (Å²) in [7, 11) is 0. The van der Waals surface area contributed by atoms with Crippen molar-refractivity contribution in [3.8, 4) is 5.75 Å². The minimum absolute atomic E-state index is 0.615. The Balaban J connectivity index is 1.97. The maximum Gasteiger partial charge on any atom is 0.127 e. The van der Waals surface area contributed by atoms with Crippen LogP contribution in [0, 0.1) is 16.4 Å². The Morgan fingerprint density at radius 1 is 1.36 bits per heavy atom. The molecule has 0 amide bonds. The quantitative estimate of drug-likeness (QED) is 0.649. The zero-order chi connectivity index (χ0) is 7.84. The van der Waals surface area contributed by atoms with E-state index in [1.165, 1.54) is 10.4 Å². The van der Waals surface area contributed by atoms with Crippen LogP contribution in [0.2, 0.25) is 0 Å². The van der Waals surface area contributed by atoms with Crippen LogP contribution in [0.5, 0.6) is 5.75 Å². The molecule has 0 aromatic heterocycles. The molecular formula is C10H12O. The predicted molar refractivity (Wildman–Crippen MR) is 44.4 cm³/mol. The third-order valence-electron chi connectivity index (χ3n) is 1.86.